The van der Waals surface area contributed by atoms with Gasteiger partial charge < -0.3 is 20.3 Å². The zero-order chi connectivity index (χ0) is 15.2. The topological polar surface area (TPSA) is 53.6 Å². The van der Waals surface area contributed by atoms with Gasteiger partial charge in [0, 0.05) is 32.3 Å². The first-order valence-electron chi connectivity index (χ1n) is 6.75. The second-order valence-electron chi connectivity index (χ2n) is 4.69. The van der Waals surface area contributed by atoms with E-state index in [0.29, 0.717) is 42.6 Å². The number of hydrogen-bond donors (Lipinski definition) is 2. The summed E-state index contributed by atoms with van der Waals surface area (Å²) < 4.78 is 18.8. The summed E-state index contributed by atoms with van der Waals surface area (Å²) in [4.78, 5) is 13.2. The van der Waals surface area contributed by atoms with Crippen molar-refractivity contribution in [1.29, 1.82) is 0 Å². The van der Waals surface area contributed by atoms with E-state index in [0.717, 1.165) is 6.42 Å². The zero-order valence-electron chi connectivity index (χ0n) is 11.8. The average Bonchev–Trinajstić information content (AvgIpc) is 2.87. The Morgan fingerprint density at radius 1 is 1.52 bits per heavy atom. The monoisotopic (exact) mass is 311 g/mol. The molecule has 2 N–H and O–H groups in total. The highest BCUT2D eigenvalue weighted by Gasteiger charge is 2.24. The number of amides is 1. The second-order valence-corrected chi connectivity index (χ2v) is 5.10. The third-order valence-corrected chi connectivity index (χ3v) is 3.41. The predicted molar refractivity (Wildman–Crippen MR) is 84.1 cm³/mol. The maximum Gasteiger partial charge on any atom is 0.227 e. The summed E-state index contributed by atoms with van der Waals surface area (Å²) in [6.45, 7) is 1.68. The van der Waals surface area contributed by atoms with Crippen LogP contribution in [0.5, 0.6) is 0 Å². The van der Waals surface area contributed by atoms with Crippen LogP contribution < -0.4 is 15.5 Å². The number of hydrogen-bond acceptors (Lipinski definition) is 3. The SMILES string of the molecule is COCCNC(=S)Nc1ccc(F)c(N2CCCC2=O)c1. The third-order valence-electron chi connectivity index (χ3n) is 3.16. The lowest BCUT2D eigenvalue weighted by Gasteiger charge is -2.18. The fourth-order valence-electron chi connectivity index (χ4n) is 2.14. The smallest absolute Gasteiger partial charge is 0.227 e. The van der Waals surface area contributed by atoms with Crippen LogP contribution >= 0.6 is 12.2 Å². The van der Waals surface area contributed by atoms with Crippen LogP contribution in [0.3, 0.4) is 0 Å². The van der Waals surface area contributed by atoms with Gasteiger partial charge in [0.1, 0.15) is 5.82 Å². The maximum atomic E-state index is 13.9. The van der Waals surface area contributed by atoms with Gasteiger partial charge in [-0.1, -0.05) is 0 Å². The number of ether oxygens (including phenoxy) is 1. The Labute approximate surface area is 128 Å². The van der Waals surface area contributed by atoms with Gasteiger partial charge in [-0.15, -0.1) is 0 Å². The van der Waals surface area contributed by atoms with Crippen molar-refractivity contribution >= 4 is 34.6 Å². The number of anilines is 2. The van der Waals surface area contributed by atoms with E-state index < -0.39 is 5.82 Å². The van der Waals surface area contributed by atoms with Crippen LogP contribution in [0.25, 0.3) is 0 Å². The molecule has 0 saturated carbocycles. The Kier molecular flexibility index (Phi) is 5.46. The van der Waals surface area contributed by atoms with E-state index in [-0.39, 0.29) is 5.91 Å². The number of thiocarbonyl (C=S) groups is 1. The minimum absolute atomic E-state index is 0.0492. The van der Waals surface area contributed by atoms with E-state index in [2.05, 4.69) is 10.6 Å². The normalized spacial score (nSPS) is 14.4. The lowest BCUT2D eigenvalue weighted by molar-refractivity contribution is -0.117. The number of nitrogens with zero attached hydrogens (tertiary/aromatic N) is 1. The van der Waals surface area contributed by atoms with Gasteiger partial charge in [-0.25, -0.2) is 4.39 Å². The van der Waals surface area contributed by atoms with E-state index in [1.54, 1.807) is 19.2 Å². The molecule has 1 aliphatic heterocycles. The van der Waals surface area contributed by atoms with Crippen molar-refractivity contribution in [3.63, 3.8) is 0 Å². The Hall–Kier alpha value is -1.73. The molecule has 0 spiro atoms. The molecule has 1 aliphatic rings. The van der Waals surface area contributed by atoms with Crippen LogP contribution in [-0.4, -0.2) is 37.8 Å². The number of halogens is 1. The molecule has 1 fully saturated rings. The van der Waals surface area contributed by atoms with Gasteiger partial charge >= 0.3 is 0 Å². The highest BCUT2D eigenvalue weighted by atomic mass is 32.1. The molecule has 0 atom stereocenters. The molecule has 1 heterocycles. The number of carbonyl (C=O) groups excluding carboxylic acids is 1. The van der Waals surface area contributed by atoms with Gasteiger partial charge in [-0.3, -0.25) is 4.79 Å². The quantitative estimate of drug-likeness (QED) is 0.642. The van der Waals surface area contributed by atoms with E-state index in [4.69, 9.17) is 17.0 Å². The lowest BCUT2D eigenvalue weighted by atomic mass is 10.2. The molecule has 0 bridgehead atoms. The standard InChI is InChI=1S/C14H18FN3O2S/c1-20-8-6-16-14(21)17-10-4-5-11(15)12(9-10)18-7-2-3-13(18)19/h4-5,9H,2-3,6-8H2,1H3,(H2,16,17,21). The number of rotatable bonds is 5. The Morgan fingerprint density at radius 2 is 2.33 bits per heavy atom. The molecule has 114 valence electrons. The van der Waals surface area contributed by atoms with Crippen molar-refractivity contribution in [2.45, 2.75) is 12.8 Å². The van der Waals surface area contributed by atoms with E-state index in [9.17, 15) is 9.18 Å². The fraction of sp³-hybridized carbons (Fsp3) is 0.429. The maximum absolute atomic E-state index is 13.9. The van der Waals surface area contributed by atoms with E-state index in [1.165, 1.54) is 11.0 Å². The number of methoxy groups -OCH3 is 1. The Balaban J connectivity index is 2.04. The van der Waals surface area contributed by atoms with Gasteiger partial charge in [0.2, 0.25) is 5.91 Å². The van der Waals surface area contributed by atoms with Gasteiger partial charge in [0.25, 0.3) is 0 Å². The van der Waals surface area contributed by atoms with Crippen molar-refractivity contribution in [2.24, 2.45) is 0 Å². The molecule has 1 saturated heterocycles. The first-order chi connectivity index (χ1) is 10.1. The highest BCUT2D eigenvalue weighted by Crippen LogP contribution is 2.27. The summed E-state index contributed by atoms with van der Waals surface area (Å²) in [5, 5.41) is 6.36. The summed E-state index contributed by atoms with van der Waals surface area (Å²) in [5.74, 6) is -0.457. The lowest BCUT2D eigenvalue weighted by Crippen LogP contribution is -2.31. The third kappa shape index (κ3) is 4.12. The zero-order valence-corrected chi connectivity index (χ0v) is 12.6. The molecule has 1 amide bonds. The summed E-state index contributed by atoms with van der Waals surface area (Å²) in [6.07, 6.45) is 1.22. The van der Waals surface area contributed by atoms with Crippen LogP contribution in [0.15, 0.2) is 18.2 Å². The average molecular weight is 311 g/mol. The fourth-order valence-corrected chi connectivity index (χ4v) is 2.36. The van der Waals surface area contributed by atoms with Gasteiger partial charge in [0.05, 0.1) is 12.3 Å². The van der Waals surface area contributed by atoms with Crippen LogP contribution in [0.4, 0.5) is 15.8 Å². The van der Waals surface area contributed by atoms with E-state index >= 15 is 0 Å². The summed E-state index contributed by atoms with van der Waals surface area (Å²) >= 11 is 5.13. The van der Waals surface area contributed by atoms with Gasteiger partial charge in [-0.2, -0.15) is 0 Å². The Bertz CT molecular complexity index is 539. The van der Waals surface area contributed by atoms with Gasteiger partial charge in [-0.05, 0) is 36.8 Å². The summed E-state index contributed by atoms with van der Waals surface area (Å²) in [6, 6.07) is 4.52. The molecule has 2 rings (SSSR count). The molecule has 0 aromatic heterocycles. The largest absolute Gasteiger partial charge is 0.383 e. The van der Waals surface area contributed by atoms with Gasteiger partial charge in [0.15, 0.2) is 5.11 Å². The van der Waals surface area contributed by atoms with E-state index in [1.807, 2.05) is 0 Å². The molecule has 0 unspecified atom stereocenters. The number of carbonyl (C=O) groups is 1. The van der Waals surface area contributed by atoms with Crippen LogP contribution in [0.1, 0.15) is 12.8 Å². The molecular formula is C14H18FN3O2S. The molecule has 5 nitrogen and oxygen atoms in total. The van der Waals surface area contributed by atoms with Crippen molar-refractivity contribution in [2.75, 3.05) is 37.0 Å². The van der Waals surface area contributed by atoms with Crippen LogP contribution in [-0.2, 0) is 9.53 Å². The first kappa shape index (κ1) is 15.7. The first-order valence-corrected chi connectivity index (χ1v) is 7.16. The summed E-state index contributed by atoms with van der Waals surface area (Å²) in [5.41, 5.74) is 0.934. The summed E-state index contributed by atoms with van der Waals surface area (Å²) in [7, 11) is 1.61. The highest BCUT2D eigenvalue weighted by molar-refractivity contribution is 7.80. The van der Waals surface area contributed by atoms with Crippen molar-refractivity contribution in [3.8, 4) is 0 Å². The number of nitrogens with one attached hydrogen (secondary N) is 2. The minimum atomic E-state index is -0.408. The molecule has 0 radical (unpaired) electrons. The molecule has 21 heavy (non-hydrogen) atoms. The molecule has 1 aromatic rings. The molecule has 7 heteroatoms. The van der Waals surface area contributed by atoms with Crippen LogP contribution in [0.2, 0.25) is 0 Å². The predicted octanol–water partition coefficient (Wildman–Crippen LogP) is 1.89. The Morgan fingerprint density at radius 3 is 3.00 bits per heavy atom. The van der Waals surface area contributed by atoms with Crippen molar-refractivity contribution < 1.29 is 13.9 Å². The molecule has 1 aromatic carbocycles. The molecular weight excluding hydrogens is 293 g/mol. The minimum Gasteiger partial charge on any atom is -0.383 e. The second kappa shape index (κ2) is 7.33. The molecule has 0 aliphatic carbocycles. The number of benzene rings is 1. The van der Waals surface area contributed by atoms with Crippen molar-refractivity contribution in [3.05, 3.63) is 24.0 Å². The van der Waals surface area contributed by atoms with Crippen molar-refractivity contribution in [1.82, 2.24) is 5.32 Å². The van der Waals surface area contributed by atoms with Crippen LogP contribution in [0, 0.1) is 5.82 Å².